The van der Waals surface area contributed by atoms with Crippen LogP contribution in [0.3, 0.4) is 0 Å². The van der Waals surface area contributed by atoms with Gasteiger partial charge in [-0.2, -0.15) is 0 Å². The highest BCUT2D eigenvalue weighted by Crippen LogP contribution is 2.39. The predicted molar refractivity (Wildman–Crippen MR) is 203 cm³/mol. The van der Waals surface area contributed by atoms with E-state index in [1.54, 1.807) is 0 Å². The van der Waals surface area contributed by atoms with E-state index < -0.39 is 11.9 Å². The second-order valence-electron chi connectivity index (χ2n) is 15.0. The molecule has 0 radical (unpaired) electrons. The zero-order chi connectivity index (χ0) is 36.2. The number of aryl methyl sites for hydroxylation is 2. The lowest BCUT2D eigenvalue weighted by molar-refractivity contribution is 0.139. The Kier molecular flexibility index (Phi) is 11.1. The second kappa shape index (κ2) is 16.0. The Labute approximate surface area is 306 Å². The van der Waals surface area contributed by atoms with Crippen LogP contribution in [0.1, 0.15) is 86.8 Å². The summed E-state index contributed by atoms with van der Waals surface area (Å²) >= 11 is 0. The molecule has 3 fully saturated rings. The zero-order valence-electron chi connectivity index (χ0n) is 30.8. The second-order valence-corrected chi connectivity index (χ2v) is 15.0. The molecule has 2 atom stereocenters. The average molecular weight is 710 g/mol. The Hall–Kier alpha value is -4.51. The van der Waals surface area contributed by atoms with Crippen molar-refractivity contribution < 1.29 is 13.9 Å². The molecule has 10 nitrogen and oxygen atoms in total. The minimum atomic E-state index is -0.421. The Morgan fingerprint density at radius 3 is 2.58 bits per heavy atom. The van der Waals surface area contributed by atoms with Crippen molar-refractivity contribution in [2.75, 3.05) is 42.6 Å². The fourth-order valence-corrected chi connectivity index (χ4v) is 7.86. The number of aromatic nitrogens is 3. The SMILES string of the molecule is CCCCOC(=O)N[C@@H]1CCCN(c2cc3c(cc2F)c(=O)c(CN(Cc2ccnc(C)c2)[C@H]2CCCN(c4ccc(C)nc4)C2)cn3C2CC2)C1. The summed E-state index contributed by atoms with van der Waals surface area (Å²) in [6.45, 7) is 10.6. The van der Waals surface area contributed by atoms with Gasteiger partial charge in [-0.3, -0.25) is 19.7 Å². The van der Waals surface area contributed by atoms with Crippen LogP contribution in [0.2, 0.25) is 0 Å². The van der Waals surface area contributed by atoms with E-state index >= 15 is 4.39 Å². The number of unbranched alkanes of at least 4 members (excludes halogenated alkanes) is 1. The number of piperidine rings is 2. The number of amides is 1. The molecule has 3 aromatic heterocycles. The molecule has 0 bridgehead atoms. The molecular weight excluding hydrogens is 657 g/mol. The summed E-state index contributed by atoms with van der Waals surface area (Å²) in [6, 6.07) is 12.0. The number of anilines is 2. The summed E-state index contributed by atoms with van der Waals surface area (Å²) in [5, 5.41) is 3.40. The van der Waals surface area contributed by atoms with Crippen molar-refractivity contribution in [3.05, 3.63) is 93.5 Å². The number of hydrogen-bond donors (Lipinski definition) is 1. The maximum Gasteiger partial charge on any atom is 0.407 e. The minimum Gasteiger partial charge on any atom is -0.450 e. The number of hydrogen-bond acceptors (Lipinski definition) is 8. The van der Waals surface area contributed by atoms with Gasteiger partial charge in [-0.25, -0.2) is 9.18 Å². The van der Waals surface area contributed by atoms with Crippen LogP contribution in [-0.2, 0) is 17.8 Å². The maximum atomic E-state index is 16.1. The normalized spacial score (nSPS) is 19.3. The Balaban J connectivity index is 1.17. The van der Waals surface area contributed by atoms with E-state index in [0.29, 0.717) is 49.4 Å². The van der Waals surface area contributed by atoms with Gasteiger partial charge in [-0.05, 0) is 101 Å². The van der Waals surface area contributed by atoms with E-state index in [4.69, 9.17) is 4.74 Å². The third kappa shape index (κ3) is 8.41. The van der Waals surface area contributed by atoms with Crippen LogP contribution in [0.25, 0.3) is 10.9 Å². The van der Waals surface area contributed by atoms with Gasteiger partial charge < -0.3 is 24.4 Å². The summed E-state index contributed by atoms with van der Waals surface area (Å²) in [4.78, 5) is 42.6. The van der Waals surface area contributed by atoms with Gasteiger partial charge in [0.15, 0.2) is 5.43 Å². The van der Waals surface area contributed by atoms with E-state index in [2.05, 4.69) is 60.8 Å². The molecule has 4 aromatic rings. The summed E-state index contributed by atoms with van der Waals surface area (Å²) in [6.07, 6.45) is 13.0. The van der Waals surface area contributed by atoms with Gasteiger partial charge in [-0.1, -0.05) is 13.3 Å². The quantitative estimate of drug-likeness (QED) is 0.157. The number of carbonyl (C=O) groups excluding carboxylic acids is 1. The van der Waals surface area contributed by atoms with Crippen LogP contribution in [0, 0.1) is 19.7 Å². The third-order valence-corrected chi connectivity index (χ3v) is 10.8. The molecule has 1 amide bonds. The Bertz CT molecular complexity index is 1930. The molecule has 52 heavy (non-hydrogen) atoms. The monoisotopic (exact) mass is 709 g/mol. The van der Waals surface area contributed by atoms with Gasteiger partial charge in [0.1, 0.15) is 5.82 Å². The number of nitrogens with zero attached hydrogens (tertiary/aromatic N) is 6. The molecule has 2 saturated heterocycles. The highest BCUT2D eigenvalue weighted by Gasteiger charge is 2.31. The fraction of sp³-hybridized carbons (Fsp3) is 0.512. The first kappa shape index (κ1) is 35.9. The Morgan fingerprint density at radius 2 is 1.81 bits per heavy atom. The first-order chi connectivity index (χ1) is 25.2. The zero-order valence-corrected chi connectivity index (χ0v) is 30.8. The van der Waals surface area contributed by atoms with Crippen molar-refractivity contribution in [2.24, 2.45) is 0 Å². The molecule has 1 saturated carbocycles. The first-order valence-corrected chi connectivity index (χ1v) is 19.1. The van der Waals surface area contributed by atoms with Crippen LogP contribution < -0.4 is 20.5 Å². The predicted octanol–water partition coefficient (Wildman–Crippen LogP) is 7.05. The van der Waals surface area contributed by atoms with Crippen molar-refractivity contribution in [3.63, 3.8) is 0 Å². The standard InChI is InChI=1S/C41H52FN7O3/c1-4-5-18-52-41(51)45-32-8-6-17-47(26-32)39-21-38-36(20-37(39)42)40(50)31(25-49(38)33-12-13-33)24-48(23-30-14-15-43-29(3)19-30)35-9-7-16-46(27-35)34-11-10-28(2)44-22-34/h10-11,14-15,19-22,25,32-33,35H,4-9,12-13,16-18,23-24,26-27H2,1-3H3,(H,45,51)/t32-,35+/m1/s1. The average Bonchev–Trinajstić information content (AvgIpc) is 3.99. The number of halogens is 1. The number of nitrogens with one attached hydrogen (secondary N) is 1. The molecule has 5 heterocycles. The number of alkyl carbamates (subject to hydrolysis) is 1. The topological polar surface area (TPSA) is 95.8 Å². The van der Waals surface area contributed by atoms with Gasteiger partial charge in [0, 0.05) is 92.1 Å². The van der Waals surface area contributed by atoms with Crippen LogP contribution >= 0.6 is 0 Å². The molecule has 2 aliphatic heterocycles. The van der Waals surface area contributed by atoms with Crippen LogP contribution in [0.15, 0.2) is 59.8 Å². The summed E-state index contributed by atoms with van der Waals surface area (Å²) in [5.41, 5.74) is 6.05. The van der Waals surface area contributed by atoms with E-state index in [0.717, 1.165) is 92.6 Å². The van der Waals surface area contributed by atoms with E-state index in [9.17, 15) is 9.59 Å². The molecule has 0 unspecified atom stereocenters. The van der Waals surface area contributed by atoms with Crippen LogP contribution in [-0.4, -0.2) is 70.4 Å². The number of carbonyl (C=O) groups is 1. The van der Waals surface area contributed by atoms with Gasteiger partial charge in [0.2, 0.25) is 0 Å². The summed E-state index contributed by atoms with van der Waals surface area (Å²) in [7, 11) is 0. The van der Waals surface area contributed by atoms with Crippen molar-refractivity contribution >= 4 is 28.4 Å². The summed E-state index contributed by atoms with van der Waals surface area (Å²) in [5.74, 6) is -0.408. The summed E-state index contributed by atoms with van der Waals surface area (Å²) < 4.78 is 23.7. The molecular formula is C41H52FN7O3. The lowest BCUT2D eigenvalue weighted by Crippen LogP contribution is -2.48. The molecule has 1 N–H and O–H groups in total. The van der Waals surface area contributed by atoms with E-state index in [1.165, 1.54) is 6.07 Å². The molecule has 7 rings (SSSR count). The van der Waals surface area contributed by atoms with Gasteiger partial charge in [0.05, 0.1) is 29.7 Å². The molecule has 3 aliphatic rings. The minimum absolute atomic E-state index is 0.114. The number of pyridine rings is 3. The lowest BCUT2D eigenvalue weighted by atomic mass is 10.0. The van der Waals surface area contributed by atoms with E-state index in [1.807, 2.05) is 43.4 Å². The lowest BCUT2D eigenvalue weighted by Gasteiger charge is -2.40. The Morgan fingerprint density at radius 1 is 0.981 bits per heavy atom. The van der Waals surface area contributed by atoms with Crippen molar-refractivity contribution in [3.8, 4) is 0 Å². The van der Waals surface area contributed by atoms with Gasteiger partial charge in [0.25, 0.3) is 0 Å². The third-order valence-electron chi connectivity index (χ3n) is 10.8. The maximum absolute atomic E-state index is 16.1. The smallest absolute Gasteiger partial charge is 0.407 e. The highest BCUT2D eigenvalue weighted by atomic mass is 19.1. The van der Waals surface area contributed by atoms with Crippen molar-refractivity contribution in [1.29, 1.82) is 0 Å². The molecule has 276 valence electrons. The van der Waals surface area contributed by atoms with Gasteiger partial charge in [-0.15, -0.1) is 0 Å². The molecule has 0 spiro atoms. The fourth-order valence-electron chi connectivity index (χ4n) is 7.86. The molecule has 1 aliphatic carbocycles. The number of benzene rings is 1. The highest BCUT2D eigenvalue weighted by molar-refractivity contribution is 5.84. The molecule has 11 heteroatoms. The first-order valence-electron chi connectivity index (χ1n) is 19.1. The van der Waals surface area contributed by atoms with Crippen LogP contribution in [0.4, 0.5) is 20.6 Å². The van der Waals surface area contributed by atoms with Crippen LogP contribution in [0.5, 0.6) is 0 Å². The van der Waals surface area contributed by atoms with Crippen molar-refractivity contribution in [1.82, 2.24) is 24.8 Å². The number of fused-ring (bicyclic) bond motifs is 1. The number of ether oxygens (including phenoxy) is 1. The molecule has 1 aromatic carbocycles. The van der Waals surface area contributed by atoms with Crippen molar-refractivity contribution in [2.45, 2.75) is 103 Å². The van der Waals surface area contributed by atoms with Gasteiger partial charge >= 0.3 is 6.09 Å². The largest absolute Gasteiger partial charge is 0.450 e. The number of rotatable bonds is 12. The van der Waals surface area contributed by atoms with E-state index in [-0.39, 0.29) is 23.6 Å².